The summed E-state index contributed by atoms with van der Waals surface area (Å²) in [6.07, 6.45) is 0. The summed E-state index contributed by atoms with van der Waals surface area (Å²) in [5.41, 5.74) is 1.17. The maximum Gasteiger partial charge on any atom is 0.193 e. The minimum absolute atomic E-state index is 0.0672. The number of benzene rings is 2. The summed E-state index contributed by atoms with van der Waals surface area (Å²) in [5.74, 6) is 1.16. The number of ketones is 1. The Morgan fingerprint density at radius 1 is 1.18 bits per heavy atom. The molecule has 2 N–H and O–H groups in total. The number of carbonyl (C=O) groups is 1. The first kappa shape index (κ1) is 16.9. The SMILES string of the molecule is CC(C)COc1ccc(C(=O)c2ccc(Cl)c(SN)c2)cc1. The van der Waals surface area contributed by atoms with E-state index in [2.05, 4.69) is 13.8 Å². The van der Waals surface area contributed by atoms with Crippen LogP contribution in [0.2, 0.25) is 5.02 Å². The fourth-order valence-corrected chi connectivity index (χ4v) is 2.49. The van der Waals surface area contributed by atoms with Gasteiger partial charge in [0, 0.05) is 16.0 Å². The van der Waals surface area contributed by atoms with Crippen LogP contribution in [0.1, 0.15) is 29.8 Å². The topological polar surface area (TPSA) is 52.3 Å². The first-order chi connectivity index (χ1) is 10.5. The van der Waals surface area contributed by atoms with Crippen LogP contribution in [0.15, 0.2) is 47.4 Å². The van der Waals surface area contributed by atoms with Crippen LogP contribution < -0.4 is 9.88 Å². The lowest BCUT2D eigenvalue weighted by molar-refractivity contribution is 0.103. The smallest absolute Gasteiger partial charge is 0.193 e. The molecule has 0 saturated carbocycles. The number of ether oxygens (including phenoxy) is 1. The Bertz CT molecular complexity index is 656. The van der Waals surface area contributed by atoms with Gasteiger partial charge in [0.2, 0.25) is 0 Å². The van der Waals surface area contributed by atoms with Crippen LogP contribution in [0, 0.1) is 5.92 Å². The molecular weight excluding hydrogens is 318 g/mol. The molecule has 0 amide bonds. The predicted molar refractivity (Wildman–Crippen MR) is 91.7 cm³/mol. The molecule has 2 aromatic carbocycles. The van der Waals surface area contributed by atoms with E-state index in [4.69, 9.17) is 21.5 Å². The summed E-state index contributed by atoms with van der Waals surface area (Å²) >= 11 is 7.03. The molecule has 0 atom stereocenters. The second-order valence-electron chi connectivity index (χ2n) is 5.32. The molecule has 0 unspecified atom stereocenters. The maximum atomic E-state index is 12.5. The third kappa shape index (κ3) is 4.26. The zero-order chi connectivity index (χ0) is 16.1. The molecule has 2 aromatic rings. The van der Waals surface area contributed by atoms with Crippen molar-refractivity contribution in [2.45, 2.75) is 18.7 Å². The van der Waals surface area contributed by atoms with Crippen molar-refractivity contribution in [3.63, 3.8) is 0 Å². The molecular formula is C17H18ClNO2S. The van der Waals surface area contributed by atoms with Crippen LogP contribution in [0.25, 0.3) is 0 Å². The average Bonchev–Trinajstić information content (AvgIpc) is 2.53. The van der Waals surface area contributed by atoms with Gasteiger partial charge in [-0.25, -0.2) is 0 Å². The predicted octanol–water partition coefficient (Wildman–Crippen LogP) is 4.57. The number of nitrogens with two attached hydrogens (primary N) is 1. The van der Waals surface area contributed by atoms with Gasteiger partial charge in [0.05, 0.1) is 11.6 Å². The van der Waals surface area contributed by atoms with E-state index in [9.17, 15) is 4.79 Å². The van der Waals surface area contributed by atoms with Crippen molar-refractivity contribution in [3.05, 3.63) is 58.6 Å². The van der Waals surface area contributed by atoms with Gasteiger partial charge in [-0.2, -0.15) is 0 Å². The zero-order valence-electron chi connectivity index (χ0n) is 12.5. The maximum absolute atomic E-state index is 12.5. The van der Waals surface area contributed by atoms with Crippen molar-refractivity contribution in [2.75, 3.05) is 6.61 Å². The fraction of sp³-hybridized carbons (Fsp3) is 0.235. The molecule has 0 aliphatic rings. The van der Waals surface area contributed by atoms with Crippen molar-refractivity contribution < 1.29 is 9.53 Å². The van der Waals surface area contributed by atoms with Gasteiger partial charge in [0.15, 0.2) is 5.78 Å². The van der Waals surface area contributed by atoms with Crippen molar-refractivity contribution in [1.82, 2.24) is 0 Å². The molecule has 22 heavy (non-hydrogen) atoms. The van der Waals surface area contributed by atoms with Crippen LogP contribution in [0.5, 0.6) is 5.75 Å². The Labute approximate surface area is 139 Å². The summed E-state index contributed by atoms with van der Waals surface area (Å²) in [6.45, 7) is 4.83. The Hall–Kier alpha value is -1.49. The van der Waals surface area contributed by atoms with Crippen LogP contribution in [-0.4, -0.2) is 12.4 Å². The number of rotatable bonds is 6. The van der Waals surface area contributed by atoms with Crippen molar-refractivity contribution in [2.24, 2.45) is 11.1 Å². The molecule has 0 aliphatic carbocycles. The van der Waals surface area contributed by atoms with Crippen molar-refractivity contribution >= 4 is 29.3 Å². The monoisotopic (exact) mass is 335 g/mol. The fourth-order valence-electron chi connectivity index (χ4n) is 1.87. The molecule has 0 radical (unpaired) electrons. The van der Waals surface area contributed by atoms with Gasteiger partial charge in [-0.3, -0.25) is 9.93 Å². The Balaban J connectivity index is 2.15. The second-order valence-corrected chi connectivity index (χ2v) is 6.40. The normalized spacial score (nSPS) is 10.8. The third-order valence-corrected chi connectivity index (χ3v) is 4.05. The second kappa shape index (κ2) is 7.68. The highest BCUT2D eigenvalue weighted by Gasteiger charge is 2.11. The Morgan fingerprint density at radius 2 is 1.82 bits per heavy atom. The van der Waals surface area contributed by atoms with Crippen LogP contribution in [-0.2, 0) is 0 Å². The summed E-state index contributed by atoms with van der Waals surface area (Å²) in [4.78, 5) is 13.2. The van der Waals surface area contributed by atoms with Gasteiger partial charge in [0.25, 0.3) is 0 Å². The summed E-state index contributed by atoms with van der Waals surface area (Å²) in [7, 11) is 0. The Kier molecular flexibility index (Phi) is 5.89. The highest BCUT2D eigenvalue weighted by Crippen LogP contribution is 2.26. The quantitative estimate of drug-likeness (QED) is 0.620. The first-order valence-corrected chi connectivity index (χ1v) is 8.21. The van der Waals surface area contributed by atoms with E-state index in [1.807, 2.05) is 12.1 Å². The summed E-state index contributed by atoms with van der Waals surface area (Å²) in [5, 5.41) is 6.08. The highest BCUT2D eigenvalue weighted by molar-refractivity contribution is 7.97. The molecule has 0 saturated heterocycles. The number of hydrogen-bond acceptors (Lipinski definition) is 4. The van der Waals surface area contributed by atoms with Gasteiger partial charge >= 0.3 is 0 Å². The van der Waals surface area contributed by atoms with Crippen LogP contribution in [0.4, 0.5) is 0 Å². The largest absolute Gasteiger partial charge is 0.493 e. The van der Waals surface area contributed by atoms with Crippen LogP contribution in [0.3, 0.4) is 0 Å². The molecule has 116 valence electrons. The molecule has 0 spiro atoms. The molecule has 0 aliphatic heterocycles. The van der Waals surface area contributed by atoms with Gasteiger partial charge in [-0.05, 0) is 60.3 Å². The lowest BCUT2D eigenvalue weighted by atomic mass is 10.0. The highest BCUT2D eigenvalue weighted by atomic mass is 35.5. The van der Waals surface area contributed by atoms with Crippen LogP contribution >= 0.6 is 23.5 Å². The molecule has 0 bridgehead atoms. The molecule has 2 rings (SSSR count). The number of halogens is 1. The van der Waals surface area contributed by atoms with Gasteiger partial charge in [0.1, 0.15) is 5.75 Å². The van der Waals surface area contributed by atoms with E-state index in [0.717, 1.165) is 17.7 Å². The molecule has 0 aromatic heterocycles. The number of hydrogen-bond donors (Lipinski definition) is 1. The van der Waals surface area contributed by atoms with E-state index < -0.39 is 0 Å². The summed E-state index contributed by atoms with van der Waals surface area (Å²) < 4.78 is 5.61. The minimum atomic E-state index is -0.0672. The third-order valence-electron chi connectivity index (χ3n) is 3.02. The van der Waals surface area contributed by atoms with E-state index in [0.29, 0.717) is 33.6 Å². The molecule has 5 heteroatoms. The lowest BCUT2D eigenvalue weighted by Crippen LogP contribution is -2.05. The summed E-state index contributed by atoms with van der Waals surface area (Å²) in [6, 6.07) is 12.2. The van der Waals surface area contributed by atoms with Crippen molar-refractivity contribution in [1.29, 1.82) is 0 Å². The standard InChI is InChI=1S/C17H18ClNO2S/c1-11(2)10-21-14-6-3-12(4-7-14)17(20)13-5-8-15(18)16(9-13)22-19/h3-9,11H,10,19H2,1-2H3. The van der Waals surface area contributed by atoms with Crippen molar-refractivity contribution in [3.8, 4) is 5.75 Å². The van der Waals surface area contributed by atoms with E-state index in [1.54, 1.807) is 30.3 Å². The zero-order valence-corrected chi connectivity index (χ0v) is 14.1. The van der Waals surface area contributed by atoms with E-state index in [-0.39, 0.29) is 5.78 Å². The average molecular weight is 336 g/mol. The van der Waals surface area contributed by atoms with Gasteiger partial charge in [-0.15, -0.1) is 0 Å². The molecule has 0 fully saturated rings. The van der Waals surface area contributed by atoms with E-state index in [1.165, 1.54) is 0 Å². The van der Waals surface area contributed by atoms with Gasteiger partial charge < -0.3 is 4.74 Å². The first-order valence-electron chi connectivity index (χ1n) is 6.95. The van der Waals surface area contributed by atoms with Gasteiger partial charge in [-0.1, -0.05) is 25.4 Å². The molecule has 3 nitrogen and oxygen atoms in total. The Morgan fingerprint density at radius 3 is 2.41 bits per heavy atom. The van der Waals surface area contributed by atoms with E-state index >= 15 is 0 Å². The molecule has 0 heterocycles. The lowest BCUT2D eigenvalue weighted by Gasteiger charge is -2.09. The minimum Gasteiger partial charge on any atom is -0.493 e. The number of carbonyl (C=O) groups excluding carboxylic acids is 1.